The van der Waals surface area contributed by atoms with Crippen molar-refractivity contribution in [3.05, 3.63) is 130 Å². The predicted molar refractivity (Wildman–Crippen MR) is 184 cm³/mol. The summed E-state index contributed by atoms with van der Waals surface area (Å²) in [5.74, 6) is 0.594. The zero-order valence-corrected chi connectivity index (χ0v) is 26.8. The number of carbonyl (C=O) groups excluding carboxylic acids is 1. The molecule has 5 rings (SSSR count). The number of nitro groups is 1. The molecule has 0 saturated heterocycles. The van der Waals surface area contributed by atoms with E-state index >= 15 is 0 Å². The van der Waals surface area contributed by atoms with Crippen molar-refractivity contribution in [3.8, 4) is 5.75 Å². The van der Waals surface area contributed by atoms with Gasteiger partial charge >= 0.3 is 0 Å². The number of thiocarbonyl (C=S) groups is 1. The van der Waals surface area contributed by atoms with Crippen molar-refractivity contribution < 1.29 is 14.5 Å². The molecule has 0 fully saturated rings. The van der Waals surface area contributed by atoms with Crippen LogP contribution in [-0.4, -0.2) is 49.6 Å². The summed E-state index contributed by atoms with van der Waals surface area (Å²) in [4.78, 5) is 30.3. The summed E-state index contributed by atoms with van der Waals surface area (Å²) in [6.45, 7) is 5.36. The van der Waals surface area contributed by atoms with E-state index in [2.05, 4.69) is 44.8 Å². The Morgan fingerprint density at radius 1 is 1.02 bits per heavy atom. The minimum Gasteiger partial charge on any atom is -0.497 e. The topological polar surface area (TPSA) is 115 Å². The van der Waals surface area contributed by atoms with Gasteiger partial charge in [-0.15, -0.1) is 0 Å². The first-order valence-corrected chi connectivity index (χ1v) is 15.2. The molecule has 5 aromatic rings. The SMILES string of the molecule is COc1ccc(NC(=S)N(Cc2cccc3ccccc23)CC(C)(C)NC(=O)Cc2cncn2Cc2ccc([N+](=O)[O-])cc2)cc1. The number of nitrogens with one attached hydrogen (secondary N) is 2. The molecule has 0 radical (unpaired) electrons. The van der Waals surface area contributed by atoms with E-state index < -0.39 is 10.5 Å². The van der Waals surface area contributed by atoms with Gasteiger partial charge in [0.15, 0.2) is 5.11 Å². The Labute approximate surface area is 273 Å². The minimum absolute atomic E-state index is 0.0318. The molecule has 1 amide bonds. The van der Waals surface area contributed by atoms with Crippen molar-refractivity contribution in [2.75, 3.05) is 19.0 Å². The van der Waals surface area contributed by atoms with Crippen LogP contribution in [0, 0.1) is 10.1 Å². The first-order valence-electron chi connectivity index (χ1n) is 14.8. The number of carbonyl (C=O) groups is 1. The lowest BCUT2D eigenvalue weighted by molar-refractivity contribution is -0.384. The molecule has 0 atom stereocenters. The number of nitro benzene ring substituents is 1. The summed E-state index contributed by atoms with van der Waals surface area (Å²) in [6, 6.07) is 28.4. The van der Waals surface area contributed by atoms with Crippen LogP contribution in [0.25, 0.3) is 10.8 Å². The van der Waals surface area contributed by atoms with Crippen LogP contribution in [0.3, 0.4) is 0 Å². The second-order valence-corrected chi connectivity index (χ2v) is 12.1. The maximum atomic E-state index is 13.4. The van der Waals surface area contributed by atoms with Crippen LogP contribution in [0.2, 0.25) is 0 Å². The van der Waals surface area contributed by atoms with Crippen LogP contribution in [0.5, 0.6) is 5.75 Å². The van der Waals surface area contributed by atoms with Gasteiger partial charge in [-0.3, -0.25) is 14.9 Å². The van der Waals surface area contributed by atoms with E-state index in [1.165, 1.54) is 12.1 Å². The molecule has 0 aliphatic rings. The zero-order valence-electron chi connectivity index (χ0n) is 26.0. The number of non-ortho nitro benzene ring substituents is 1. The molecule has 1 aromatic heterocycles. The van der Waals surface area contributed by atoms with Crippen molar-refractivity contribution in [1.29, 1.82) is 0 Å². The summed E-state index contributed by atoms with van der Waals surface area (Å²) < 4.78 is 7.16. The summed E-state index contributed by atoms with van der Waals surface area (Å²) in [5, 5.41) is 20.4. The van der Waals surface area contributed by atoms with E-state index in [-0.39, 0.29) is 18.0 Å². The van der Waals surface area contributed by atoms with E-state index in [1.807, 2.05) is 60.9 Å². The Morgan fingerprint density at radius 2 is 1.74 bits per heavy atom. The van der Waals surface area contributed by atoms with Gasteiger partial charge < -0.3 is 24.8 Å². The third-order valence-corrected chi connectivity index (χ3v) is 7.93. The lowest BCUT2D eigenvalue weighted by Gasteiger charge is -2.35. The zero-order chi connectivity index (χ0) is 32.7. The number of amides is 1. The number of benzene rings is 4. The minimum atomic E-state index is -0.656. The van der Waals surface area contributed by atoms with Gasteiger partial charge in [-0.05, 0) is 72.2 Å². The normalized spacial score (nSPS) is 11.2. The number of ether oxygens (including phenoxy) is 1. The molecule has 0 saturated carbocycles. The fourth-order valence-corrected chi connectivity index (χ4v) is 5.62. The highest BCUT2D eigenvalue weighted by atomic mass is 32.1. The molecule has 2 N–H and O–H groups in total. The number of aromatic nitrogens is 2. The second kappa shape index (κ2) is 14.2. The van der Waals surface area contributed by atoms with Crippen LogP contribution in [-0.2, 0) is 24.3 Å². The molecule has 0 aliphatic heterocycles. The first-order chi connectivity index (χ1) is 22.1. The van der Waals surface area contributed by atoms with Crippen LogP contribution in [0.1, 0.15) is 30.7 Å². The van der Waals surface area contributed by atoms with Gasteiger partial charge in [-0.1, -0.05) is 54.6 Å². The predicted octanol–water partition coefficient (Wildman–Crippen LogP) is 6.34. The Kier molecular flexibility index (Phi) is 9.92. The molecule has 236 valence electrons. The summed E-state index contributed by atoms with van der Waals surface area (Å²) in [7, 11) is 1.63. The number of fused-ring (bicyclic) bond motifs is 1. The quantitative estimate of drug-likeness (QED) is 0.0927. The van der Waals surface area contributed by atoms with Crippen molar-refractivity contribution >= 4 is 45.4 Å². The average Bonchev–Trinajstić information content (AvgIpc) is 3.46. The molecular formula is C35H36N6O4S. The van der Waals surface area contributed by atoms with Crippen LogP contribution in [0.15, 0.2) is 104 Å². The van der Waals surface area contributed by atoms with E-state index in [0.717, 1.165) is 39.0 Å². The van der Waals surface area contributed by atoms with Gasteiger partial charge in [0.25, 0.3) is 5.69 Å². The van der Waals surface area contributed by atoms with Crippen molar-refractivity contribution in [2.45, 2.75) is 38.9 Å². The molecular weight excluding hydrogens is 600 g/mol. The number of rotatable bonds is 12. The van der Waals surface area contributed by atoms with Crippen LogP contribution >= 0.6 is 12.2 Å². The number of hydrogen-bond acceptors (Lipinski definition) is 6. The molecule has 0 bridgehead atoms. The third-order valence-electron chi connectivity index (χ3n) is 7.57. The van der Waals surface area contributed by atoms with Crippen LogP contribution < -0.4 is 15.4 Å². The Hall–Kier alpha value is -5.29. The highest BCUT2D eigenvalue weighted by Crippen LogP contribution is 2.23. The summed E-state index contributed by atoms with van der Waals surface area (Å²) in [6.07, 6.45) is 3.44. The van der Waals surface area contributed by atoms with Crippen molar-refractivity contribution in [3.63, 3.8) is 0 Å². The van der Waals surface area contributed by atoms with Gasteiger partial charge in [0.05, 0.1) is 30.3 Å². The highest BCUT2D eigenvalue weighted by molar-refractivity contribution is 7.80. The summed E-state index contributed by atoms with van der Waals surface area (Å²) in [5.41, 5.74) is 2.93. The number of nitrogens with zero attached hydrogens (tertiary/aromatic N) is 4. The number of anilines is 1. The second-order valence-electron chi connectivity index (χ2n) is 11.7. The molecule has 0 spiro atoms. The maximum absolute atomic E-state index is 13.4. The van der Waals surface area contributed by atoms with Gasteiger partial charge in [-0.2, -0.15) is 0 Å². The number of hydrogen-bond donors (Lipinski definition) is 2. The Morgan fingerprint density at radius 3 is 2.46 bits per heavy atom. The average molecular weight is 637 g/mol. The molecule has 0 unspecified atom stereocenters. The van der Waals surface area contributed by atoms with Gasteiger partial charge in [-0.25, -0.2) is 4.98 Å². The van der Waals surface area contributed by atoms with E-state index in [1.54, 1.807) is 31.8 Å². The molecule has 11 heteroatoms. The standard InChI is InChI=1S/C35H36N6O4S/c1-35(2,38-33(42)19-30-20-36-24-40(30)21-25-11-15-29(16-12-25)41(43)44)23-39(34(46)37-28-13-17-31(45-3)18-14-28)22-27-9-6-8-26-7-4-5-10-32(26)27/h4-18,20,24H,19,21-23H2,1-3H3,(H,37,46)(H,38,42). The first kappa shape index (κ1) is 32.1. The third kappa shape index (κ3) is 8.24. The van der Waals surface area contributed by atoms with Crippen molar-refractivity contribution in [1.82, 2.24) is 19.8 Å². The molecule has 1 heterocycles. The highest BCUT2D eigenvalue weighted by Gasteiger charge is 2.26. The monoisotopic (exact) mass is 636 g/mol. The smallest absolute Gasteiger partial charge is 0.269 e. The van der Waals surface area contributed by atoms with E-state index in [9.17, 15) is 14.9 Å². The Bertz CT molecular complexity index is 1830. The van der Waals surface area contributed by atoms with Gasteiger partial charge in [0, 0.05) is 49.3 Å². The maximum Gasteiger partial charge on any atom is 0.269 e. The molecule has 4 aromatic carbocycles. The molecule has 0 aliphatic carbocycles. The van der Waals surface area contributed by atoms with Gasteiger partial charge in [0.2, 0.25) is 5.91 Å². The fraction of sp³-hybridized carbons (Fsp3) is 0.229. The Balaban J connectivity index is 1.30. The van der Waals surface area contributed by atoms with Crippen molar-refractivity contribution in [2.24, 2.45) is 0 Å². The van der Waals surface area contributed by atoms with E-state index in [4.69, 9.17) is 17.0 Å². The summed E-state index contributed by atoms with van der Waals surface area (Å²) >= 11 is 5.94. The largest absolute Gasteiger partial charge is 0.497 e. The fourth-order valence-electron chi connectivity index (χ4n) is 5.37. The molecule has 10 nitrogen and oxygen atoms in total. The van der Waals surface area contributed by atoms with E-state index in [0.29, 0.717) is 24.7 Å². The lowest BCUT2D eigenvalue weighted by Crippen LogP contribution is -2.53. The molecule has 46 heavy (non-hydrogen) atoms. The van der Waals surface area contributed by atoms with Gasteiger partial charge in [0.1, 0.15) is 5.75 Å². The number of imidazole rings is 1. The number of methoxy groups -OCH3 is 1. The van der Waals surface area contributed by atoms with Crippen LogP contribution in [0.4, 0.5) is 11.4 Å². The lowest BCUT2D eigenvalue weighted by atomic mass is 10.0.